The van der Waals surface area contributed by atoms with Crippen molar-refractivity contribution in [2.75, 3.05) is 0 Å². The Hall–Kier alpha value is -4.34. The summed E-state index contributed by atoms with van der Waals surface area (Å²) in [6.07, 6.45) is 7.75. The number of fused-ring (bicyclic) bond motifs is 2. The van der Waals surface area contributed by atoms with Gasteiger partial charge in [0.1, 0.15) is 5.82 Å². The van der Waals surface area contributed by atoms with E-state index in [1.165, 1.54) is 5.56 Å². The summed E-state index contributed by atoms with van der Waals surface area (Å²) >= 11 is 0. The average molecular weight is 537 g/mol. The largest absolute Gasteiger partial charge is 0.342 e. The van der Waals surface area contributed by atoms with Crippen molar-refractivity contribution in [1.82, 2.24) is 40.2 Å². The highest BCUT2D eigenvalue weighted by molar-refractivity contribution is 5.92. The lowest BCUT2D eigenvalue weighted by Gasteiger charge is -2.19. The third kappa shape index (κ3) is 4.09. The normalized spacial score (nSPS) is 17.9. The Balaban J connectivity index is 1.20. The highest BCUT2D eigenvalue weighted by Gasteiger charge is 2.45. The van der Waals surface area contributed by atoms with Gasteiger partial charge in [-0.2, -0.15) is 10.1 Å². The molecule has 0 spiro atoms. The van der Waals surface area contributed by atoms with Crippen LogP contribution in [0.1, 0.15) is 84.1 Å². The van der Waals surface area contributed by atoms with Crippen molar-refractivity contribution in [2.24, 2.45) is 7.05 Å². The van der Waals surface area contributed by atoms with Crippen LogP contribution >= 0.6 is 0 Å². The number of imidazole rings is 1. The molecular weight excluding hydrogens is 504 g/mol. The molecule has 5 aromatic rings. The zero-order valence-corrected chi connectivity index (χ0v) is 23.2. The number of aromatic amines is 1. The van der Waals surface area contributed by atoms with Crippen LogP contribution in [0.2, 0.25) is 0 Å². The monoisotopic (exact) mass is 536 g/mol. The van der Waals surface area contributed by atoms with E-state index in [1.807, 2.05) is 31.6 Å². The van der Waals surface area contributed by atoms with E-state index in [2.05, 4.69) is 55.6 Å². The molecule has 7 rings (SSSR count). The van der Waals surface area contributed by atoms with Crippen molar-refractivity contribution in [3.63, 3.8) is 0 Å². The minimum Gasteiger partial charge on any atom is -0.342 e. The first-order chi connectivity index (χ1) is 19.3. The van der Waals surface area contributed by atoms with Gasteiger partial charge in [0.15, 0.2) is 5.65 Å². The third-order valence-electron chi connectivity index (χ3n) is 8.61. The Morgan fingerprint density at radius 3 is 2.80 bits per heavy atom. The molecule has 0 saturated heterocycles. The molecule has 10 nitrogen and oxygen atoms in total. The summed E-state index contributed by atoms with van der Waals surface area (Å²) in [7, 11) is 1.94. The summed E-state index contributed by atoms with van der Waals surface area (Å²) in [4.78, 5) is 30.4. The molecule has 10 heteroatoms. The van der Waals surface area contributed by atoms with Gasteiger partial charge in [0, 0.05) is 29.9 Å². The fraction of sp³-hybridized carbons (Fsp3) is 0.400. The molecule has 1 saturated carbocycles. The highest BCUT2D eigenvalue weighted by atomic mass is 16.5. The van der Waals surface area contributed by atoms with Gasteiger partial charge in [0.25, 0.3) is 11.7 Å². The molecule has 1 atom stereocenters. The van der Waals surface area contributed by atoms with E-state index < -0.39 is 0 Å². The second-order valence-electron chi connectivity index (χ2n) is 11.5. The van der Waals surface area contributed by atoms with Gasteiger partial charge in [0.2, 0.25) is 5.89 Å². The van der Waals surface area contributed by atoms with Crippen molar-refractivity contribution < 1.29 is 9.32 Å². The first kappa shape index (κ1) is 24.7. The molecule has 4 aromatic heterocycles. The predicted molar refractivity (Wildman–Crippen MR) is 150 cm³/mol. The minimum atomic E-state index is -0.289. The van der Waals surface area contributed by atoms with Crippen molar-refractivity contribution in [3.05, 3.63) is 64.7 Å². The summed E-state index contributed by atoms with van der Waals surface area (Å²) in [5.41, 5.74) is 9.01. The summed E-state index contributed by atoms with van der Waals surface area (Å²) in [5, 5.41) is 11.7. The summed E-state index contributed by atoms with van der Waals surface area (Å²) in [5.74, 6) is 1.15. The van der Waals surface area contributed by atoms with E-state index in [9.17, 15) is 4.79 Å². The third-order valence-corrected chi connectivity index (χ3v) is 8.61. The lowest BCUT2D eigenvalue weighted by atomic mass is 9.94. The maximum Gasteiger partial charge on any atom is 0.293 e. The Labute approximate surface area is 231 Å². The Kier molecular flexibility index (Phi) is 5.62. The number of carbonyl (C=O) groups is 1. The number of pyridine rings is 1. The van der Waals surface area contributed by atoms with Crippen LogP contribution in [-0.4, -0.2) is 40.8 Å². The van der Waals surface area contributed by atoms with Gasteiger partial charge in [-0.15, -0.1) is 0 Å². The molecule has 0 bridgehead atoms. The standard InChI is InChI=1S/C30H32N8O2/c1-16-23(17(2)38(4)36-16)25-33-24-21(11-14-31-26(24)34-25)19-9-10-20-18(15-19)7-5-6-8-22(20)32-28(39)27-35-29(40-37-27)30(3)12-13-30/h9-11,14-15,22H,5-8,12-13H2,1-4H3,(H,32,39)(H,31,33,34)/t22-/m0/s1. The van der Waals surface area contributed by atoms with E-state index in [0.29, 0.717) is 11.5 Å². The Morgan fingerprint density at radius 1 is 1.18 bits per heavy atom. The average Bonchev–Trinajstić information content (AvgIpc) is 3.25. The first-order valence-electron chi connectivity index (χ1n) is 13.9. The van der Waals surface area contributed by atoms with Crippen molar-refractivity contribution in [1.29, 1.82) is 0 Å². The van der Waals surface area contributed by atoms with E-state index in [0.717, 1.165) is 83.5 Å². The lowest BCUT2D eigenvalue weighted by Crippen LogP contribution is -2.29. The molecule has 40 heavy (non-hydrogen) atoms. The molecule has 2 aliphatic carbocycles. The second kappa shape index (κ2) is 9.11. The maximum absolute atomic E-state index is 13.1. The number of rotatable bonds is 5. The number of hydrogen-bond acceptors (Lipinski definition) is 7. The van der Waals surface area contributed by atoms with Crippen LogP contribution in [0, 0.1) is 13.8 Å². The van der Waals surface area contributed by atoms with Gasteiger partial charge in [-0.3, -0.25) is 9.48 Å². The van der Waals surface area contributed by atoms with E-state index in [1.54, 1.807) is 6.20 Å². The van der Waals surface area contributed by atoms with Gasteiger partial charge in [0.05, 0.1) is 22.8 Å². The molecule has 0 aliphatic heterocycles. The van der Waals surface area contributed by atoms with Crippen LogP contribution in [0.5, 0.6) is 0 Å². The number of hydrogen-bond donors (Lipinski definition) is 2. The molecule has 0 unspecified atom stereocenters. The molecule has 2 N–H and O–H groups in total. The molecule has 204 valence electrons. The zero-order chi connectivity index (χ0) is 27.6. The van der Waals surface area contributed by atoms with Crippen LogP contribution in [0.25, 0.3) is 33.7 Å². The van der Waals surface area contributed by atoms with Crippen LogP contribution < -0.4 is 5.32 Å². The SMILES string of the molecule is Cc1nn(C)c(C)c1-c1nc2nccc(-c3ccc4c(c3)CCCC[C@@H]4NC(=O)c3noc(C4(C)CC4)n3)c2[nH]1. The quantitative estimate of drug-likeness (QED) is 0.293. The smallest absolute Gasteiger partial charge is 0.293 e. The lowest BCUT2D eigenvalue weighted by molar-refractivity contribution is 0.0921. The number of aromatic nitrogens is 7. The van der Waals surface area contributed by atoms with Crippen LogP contribution in [-0.2, 0) is 18.9 Å². The van der Waals surface area contributed by atoms with Gasteiger partial charge in [-0.05, 0) is 68.7 Å². The number of benzene rings is 1. The van der Waals surface area contributed by atoms with Crippen molar-refractivity contribution in [2.45, 2.75) is 70.8 Å². The number of nitrogens with one attached hydrogen (secondary N) is 2. The fourth-order valence-corrected chi connectivity index (χ4v) is 5.87. The zero-order valence-electron chi connectivity index (χ0n) is 23.2. The Morgan fingerprint density at radius 2 is 2.02 bits per heavy atom. The fourth-order valence-electron chi connectivity index (χ4n) is 5.87. The Bertz CT molecular complexity index is 1770. The molecule has 2 aliphatic rings. The van der Waals surface area contributed by atoms with Gasteiger partial charge < -0.3 is 14.8 Å². The molecule has 0 radical (unpaired) electrons. The topological polar surface area (TPSA) is 127 Å². The van der Waals surface area contributed by atoms with Crippen molar-refractivity contribution in [3.8, 4) is 22.5 Å². The number of amides is 1. The number of nitrogens with zero attached hydrogens (tertiary/aromatic N) is 6. The van der Waals surface area contributed by atoms with Crippen LogP contribution in [0.4, 0.5) is 0 Å². The van der Waals surface area contributed by atoms with E-state index in [4.69, 9.17) is 9.51 Å². The van der Waals surface area contributed by atoms with Crippen molar-refractivity contribution >= 4 is 17.1 Å². The molecule has 1 amide bonds. The van der Waals surface area contributed by atoms with Gasteiger partial charge in [-0.1, -0.05) is 36.7 Å². The number of carbonyl (C=O) groups excluding carboxylic acids is 1. The molecule has 1 aromatic carbocycles. The summed E-state index contributed by atoms with van der Waals surface area (Å²) in [6.45, 7) is 6.13. The van der Waals surface area contributed by atoms with E-state index >= 15 is 0 Å². The predicted octanol–water partition coefficient (Wildman–Crippen LogP) is 5.27. The van der Waals surface area contributed by atoms with Gasteiger partial charge >= 0.3 is 0 Å². The van der Waals surface area contributed by atoms with E-state index in [-0.39, 0.29) is 23.2 Å². The maximum atomic E-state index is 13.1. The van der Waals surface area contributed by atoms with Crippen LogP contribution in [0.3, 0.4) is 0 Å². The minimum absolute atomic E-state index is 0.0692. The summed E-state index contributed by atoms with van der Waals surface area (Å²) in [6, 6.07) is 8.44. The van der Waals surface area contributed by atoms with Crippen LogP contribution in [0.15, 0.2) is 35.0 Å². The van der Waals surface area contributed by atoms with Gasteiger partial charge in [-0.25, -0.2) is 9.97 Å². The number of H-pyrrole nitrogens is 1. The molecular formula is C30H32N8O2. The first-order valence-corrected chi connectivity index (χ1v) is 13.9. The second-order valence-corrected chi connectivity index (χ2v) is 11.5. The highest BCUT2D eigenvalue weighted by Crippen LogP contribution is 2.46. The number of aryl methyl sites for hydroxylation is 3. The molecule has 4 heterocycles. The molecule has 1 fully saturated rings. The summed E-state index contributed by atoms with van der Waals surface area (Å²) < 4.78 is 7.27.